The lowest BCUT2D eigenvalue weighted by Gasteiger charge is -2.41. The molecule has 2 atom stereocenters. The molecule has 2 heterocycles. The van der Waals surface area contributed by atoms with Gasteiger partial charge in [-0.2, -0.15) is 0 Å². The summed E-state index contributed by atoms with van der Waals surface area (Å²) in [5.74, 6) is 0. The van der Waals surface area contributed by atoms with Gasteiger partial charge in [0.05, 0.1) is 5.60 Å². The smallest absolute Gasteiger partial charge is 0.0938 e. The van der Waals surface area contributed by atoms with Crippen LogP contribution in [-0.4, -0.2) is 34.6 Å². The van der Waals surface area contributed by atoms with Gasteiger partial charge in [-0.15, -0.1) is 0 Å². The molecule has 0 amide bonds. The van der Waals surface area contributed by atoms with Crippen LogP contribution in [0.1, 0.15) is 25.3 Å². The summed E-state index contributed by atoms with van der Waals surface area (Å²) in [6, 6.07) is 4.27. The van der Waals surface area contributed by atoms with Crippen LogP contribution in [0.4, 0.5) is 0 Å². The second-order valence-corrected chi connectivity index (χ2v) is 4.56. The molecule has 0 aromatic carbocycles. The Morgan fingerprint density at radius 1 is 1.60 bits per heavy atom. The van der Waals surface area contributed by atoms with Gasteiger partial charge in [0.1, 0.15) is 0 Å². The van der Waals surface area contributed by atoms with Crippen LogP contribution in [0.2, 0.25) is 0 Å². The van der Waals surface area contributed by atoms with E-state index in [4.69, 9.17) is 0 Å². The fourth-order valence-electron chi connectivity index (χ4n) is 2.23. The lowest BCUT2D eigenvalue weighted by atomic mass is 9.82. The van der Waals surface area contributed by atoms with Gasteiger partial charge in [-0.05, 0) is 32.9 Å². The van der Waals surface area contributed by atoms with E-state index in [1.807, 2.05) is 12.1 Å². The lowest BCUT2D eigenvalue weighted by molar-refractivity contribution is -0.0410. The molecule has 2 unspecified atom stereocenters. The van der Waals surface area contributed by atoms with E-state index in [9.17, 15) is 5.11 Å². The molecular weight excluding hydrogens is 188 g/mol. The quantitative estimate of drug-likeness (QED) is 0.754. The summed E-state index contributed by atoms with van der Waals surface area (Å²) in [5.41, 5.74) is 0.269. The van der Waals surface area contributed by atoms with Gasteiger partial charge in [-0.1, -0.05) is 6.07 Å². The van der Waals surface area contributed by atoms with Gasteiger partial charge in [-0.25, -0.2) is 0 Å². The summed E-state index contributed by atoms with van der Waals surface area (Å²) in [6.07, 6.45) is 5.10. The highest BCUT2D eigenvalue weighted by molar-refractivity contribution is 5.19. The third kappa shape index (κ3) is 2.03. The maximum Gasteiger partial charge on any atom is 0.0938 e. The number of hydrogen-bond donors (Lipinski definition) is 1. The summed E-state index contributed by atoms with van der Waals surface area (Å²) >= 11 is 0. The van der Waals surface area contributed by atoms with Crippen LogP contribution in [-0.2, 0) is 5.60 Å². The first-order chi connectivity index (χ1) is 7.12. The predicted octanol–water partition coefficient (Wildman–Crippen LogP) is 1.38. The van der Waals surface area contributed by atoms with Crippen molar-refractivity contribution in [2.45, 2.75) is 31.4 Å². The summed E-state index contributed by atoms with van der Waals surface area (Å²) < 4.78 is 0. The van der Waals surface area contributed by atoms with Crippen molar-refractivity contribution in [3.8, 4) is 0 Å². The van der Waals surface area contributed by atoms with Crippen LogP contribution in [0.15, 0.2) is 24.5 Å². The lowest BCUT2D eigenvalue weighted by Crippen LogP contribution is -2.45. The van der Waals surface area contributed by atoms with Gasteiger partial charge in [0.25, 0.3) is 0 Å². The summed E-state index contributed by atoms with van der Waals surface area (Å²) in [5, 5.41) is 10.6. The van der Waals surface area contributed by atoms with Crippen molar-refractivity contribution in [2.75, 3.05) is 13.6 Å². The summed E-state index contributed by atoms with van der Waals surface area (Å²) in [6.45, 7) is 3.09. The molecular formula is C12H18N2O. The van der Waals surface area contributed by atoms with E-state index in [2.05, 4.69) is 23.9 Å². The summed E-state index contributed by atoms with van der Waals surface area (Å²) in [4.78, 5) is 6.36. The maximum absolute atomic E-state index is 10.6. The standard InChI is InChI=1S/C12H18N2O/c1-10-8-12(15,5-7-14(10)2)11-4-3-6-13-9-11/h3-4,6,9-10,15H,5,7-8H2,1-2H3. The van der Waals surface area contributed by atoms with Crippen molar-refractivity contribution in [3.05, 3.63) is 30.1 Å². The van der Waals surface area contributed by atoms with E-state index in [1.54, 1.807) is 12.4 Å². The highest BCUT2D eigenvalue weighted by Crippen LogP contribution is 2.34. The highest BCUT2D eigenvalue weighted by Gasteiger charge is 2.36. The number of rotatable bonds is 1. The topological polar surface area (TPSA) is 36.4 Å². The molecule has 0 radical (unpaired) electrons. The molecule has 15 heavy (non-hydrogen) atoms. The molecule has 82 valence electrons. The Labute approximate surface area is 90.8 Å². The molecule has 1 aliphatic rings. The van der Waals surface area contributed by atoms with Crippen LogP contribution in [0.5, 0.6) is 0 Å². The molecule has 3 heteroatoms. The van der Waals surface area contributed by atoms with Gasteiger partial charge < -0.3 is 10.0 Å². The van der Waals surface area contributed by atoms with Crippen molar-refractivity contribution in [1.82, 2.24) is 9.88 Å². The molecule has 1 aromatic rings. The van der Waals surface area contributed by atoms with Crippen molar-refractivity contribution in [1.29, 1.82) is 0 Å². The number of aliphatic hydroxyl groups is 1. The molecule has 2 rings (SSSR count). The van der Waals surface area contributed by atoms with E-state index in [0.717, 1.165) is 24.9 Å². The average Bonchev–Trinajstić information content (AvgIpc) is 2.26. The molecule has 1 saturated heterocycles. The molecule has 1 aliphatic heterocycles. The Hall–Kier alpha value is -0.930. The van der Waals surface area contributed by atoms with E-state index in [0.29, 0.717) is 6.04 Å². The third-order valence-electron chi connectivity index (χ3n) is 3.46. The first-order valence-electron chi connectivity index (χ1n) is 5.45. The Kier molecular flexibility index (Phi) is 2.76. The third-order valence-corrected chi connectivity index (χ3v) is 3.46. The van der Waals surface area contributed by atoms with Crippen LogP contribution in [0, 0.1) is 0 Å². The number of piperidine rings is 1. The Bertz CT molecular complexity index is 328. The first kappa shape index (κ1) is 10.6. The number of pyridine rings is 1. The average molecular weight is 206 g/mol. The van der Waals surface area contributed by atoms with Crippen LogP contribution in [0.3, 0.4) is 0 Å². The minimum absolute atomic E-state index is 0.420. The zero-order chi connectivity index (χ0) is 10.9. The second kappa shape index (κ2) is 3.91. The van der Waals surface area contributed by atoms with Gasteiger partial charge in [-0.3, -0.25) is 4.98 Å². The Morgan fingerprint density at radius 3 is 3.00 bits per heavy atom. The van der Waals surface area contributed by atoms with Gasteiger partial charge in [0, 0.05) is 30.5 Å². The molecule has 1 fully saturated rings. The zero-order valence-electron chi connectivity index (χ0n) is 9.35. The minimum Gasteiger partial charge on any atom is -0.385 e. The molecule has 3 nitrogen and oxygen atoms in total. The van der Waals surface area contributed by atoms with Crippen molar-refractivity contribution in [3.63, 3.8) is 0 Å². The molecule has 0 spiro atoms. The van der Waals surface area contributed by atoms with Crippen molar-refractivity contribution < 1.29 is 5.11 Å². The predicted molar refractivity (Wildman–Crippen MR) is 59.5 cm³/mol. The highest BCUT2D eigenvalue weighted by atomic mass is 16.3. The molecule has 1 aromatic heterocycles. The summed E-state index contributed by atoms with van der Waals surface area (Å²) in [7, 11) is 2.10. The normalized spacial score (nSPS) is 32.9. The molecule has 1 N–H and O–H groups in total. The van der Waals surface area contributed by atoms with Crippen molar-refractivity contribution in [2.24, 2.45) is 0 Å². The first-order valence-corrected chi connectivity index (χ1v) is 5.45. The molecule has 0 saturated carbocycles. The fourth-order valence-corrected chi connectivity index (χ4v) is 2.23. The number of aromatic nitrogens is 1. The molecule has 0 bridgehead atoms. The van der Waals surface area contributed by atoms with Gasteiger partial charge in [0.2, 0.25) is 0 Å². The minimum atomic E-state index is -0.680. The fraction of sp³-hybridized carbons (Fsp3) is 0.583. The Morgan fingerprint density at radius 2 is 2.40 bits per heavy atom. The van der Waals surface area contributed by atoms with E-state index < -0.39 is 5.60 Å². The second-order valence-electron chi connectivity index (χ2n) is 4.56. The van der Waals surface area contributed by atoms with E-state index in [1.165, 1.54) is 0 Å². The van der Waals surface area contributed by atoms with Crippen LogP contribution in [0.25, 0.3) is 0 Å². The van der Waals surface area contributed by atoms with Gasteiger partial charge in [0.15, 0.2) is 0 Å². The SMILES string of the molecule is CC1CC(O)(c2cccnc2)CCN1C. The largest absolute Gasteiger partial charge is 0.385 e. The molecule has 0 aliphatic carbocycles. The van der Waals surface area contributed by atoms with Gasteiger partial charge >= 0.3 is 0 Å². The van der Waals surface area contributed by atoms with E-state index >= 15 is 0 Å². The number of hydrogen-bond acceptors (Lipinski definition) is 3. The Balaban J connectivity index is 2.21. The van der Waals surface area contributed by atoms with E-state index in [-0.39, 0.29) is 0 Å². The number of nitrogens with zero attached hydrogens (tertiary/aromatic N) is 2. The monoisotopic (exact) mass is 206 g/mol. The zero-order valence-corrected chi connectivity index (χ0v) is 9.35. The number of likely N-dealkylation sites (tertiary alicyclic amines) is 1. The maximum atomic E-state index is 10.6. The van der Waals surface area contributed by atoms with Crippen LogP contribution >= 0.6 is 0 Å². The van der Waals surface area contributed by atoms with Crippen molar-refractivity contribution >= 4 is 0 Å². The van der Waals surface area contributed by atoms with Crippen LogP contribution < -0.4 is 0 Å².